The average molecular weight is 317 g/mol. The van der Waals surface area contributed by atoms with Gasteiger partial charge < -0.3 is 10.2 Å². The molecule has 0 unspecified atom stereocenters. The molecule has 0 bridgehead atoms. The number of aryl methyl sites for hydroxylation is 1. The van der Waals surface area contributed by atoms with Crippen molar-refractivity contribution in [1.82, 2.24) is 14.9 Å². The molecule has 2 N–H and O–H groups in total. The van der Waals surface area contributed by atoms with Crippen LogP contribution in [-0.2, 0) is 16.6 Å². The van der Waals surface area contributed by atoms with E-state index in [1.807, 2.05) is 31.3 Å². The molecule has 1 aromatic heterocycles. The highest BCUT2D eigenvalue weighted by Crippen LogP contribution is 2.28. The van der Waals surface area contributed by atoms with Gasteiger partial charge in [0.2, 0.25) is 10.0 Å². The highest BCUT2D eigenvalue weighted by atomic mass is 32.2. The smallest absolute Gasteiger partial charge is 0.242 e. The molecule has 0 aromatic carbocycles. The molecule has 5 nitrogen and oxygen atoms in total. The molecule has 20 heavy (non-hydrogen) atoms. The van der Waals surface area contributed by atoms with Crippen LogP contribution in [-0.4, -0.2) is 46.5 Å². The third kappa shape index (κ3) is 4.26. The quantitative estimate of drug-likeness (QED) is 0.755. The van der Waals surface area contributed by atoms with Gasteiger partial charge in [-0.25, -0.2) is 13.1 Å². The van der Waals surface area contributed by atoms with Gasteiger partial charge in [0.05, 0.1) is 0 Å². The molecule has 0 amide bonds. The summed E-state index contributed by atoms with van der Waals surface area (Å²) in [6, 6.07) is 0.578. The van der Waals surface area contributed by atoms with Gasteiger partial charge in [-0.05, 0) is 44.8 Å². The van der Waals surface area contributed by atoms with Crippen LogP contribution >= 0.6 is 11.3 Å². The van der Waals surface area contributed by atoms with E-state index in [0.717, 1.165) is 10.4 Å². The van der Waals surface area contributed by atoms with Gasteiger partial charge in [0.1, 0.15) is 4.90 Å². The summed E-state index contributed by atoms with van der Waals surface area (Å²) in [5, 5.41) is 5.30. The van der Waals surface area contributed by atoms with Crippen molar-refractivity contribution in [1.29, 1.82) is 0 Å². The number of thiophene rings is 1. The van der Waals surface area contributed by atoms with Crippen molar-refractivity contribution in [3.63, 3.8) is 0 Å². The standard InChI is InChI=1S/C13H23N3O2S2/c1-10-9-19-12(8-14-11-4-5-11)13(10)20(17,18)15-6-7-16(2)3/h9,11,14-15H,4-8H2,1-3H3. The van der Waals surface area contributed by atoms with Gasteiger partial charge >= 0.3 is 0 Å². The Morgan fingerprint density at radius 1 is 1.40 bits per heavy atom. The van der Waals surface area contributed by atoms with Crippen LogP contribution < -0.4 is 10.0 Å². The van der Waals surface area contributed by atoms with Gasteiger partial charge in [0.25, 0.3) is 0 Å². The van der Waals surface area contributed by atoms with E-state index >= 15 is 0 Å². The van der Waals surface area contributed by atoms with Crippen molar-refractivity contribution in [2.45, 2.75) is 37.2 Å². The molecule has 1 saturated carbocycles. The fraction of sp³-hybridized carbons (Fsp3) is 0.692. The summed E-state index contributed by atoms with van der Waals surface area (Å²) >= 11 is 1.52. The number of rotatable bonds is 8. The summed E-state index contributed by atoms with van der Waals surface area (Å²) in [4.78, 5) is 3.33. The zero-order chi connectivity index (χ0) is 14.8. The minimum absolute atomic E-state index is 0.431. The summed E-state index contributed by atoms with van der Waals surface area (Å²) < 4.78 is 27.5. The fourth-order valence-electron chi connectivity index (χ4n) is 1.97. The Bertz CT molecular complexity index is 548. The lowest BCUT2D eigenvalue weighted by molar-refractivity contribution is 0.412. The van der Waals surface area contributed by atoms with Crippen LogP contribution in [0.1, 0.15) is 23.3 Å². The van der Waals surface area contributed by atoms with E-state index in [2.05, 4.69) is 10.0 Å². The number of hydrogen-bond acceptors (Lipinski definition) is 5. The third-order valence-electron chi connectivity index (χ3n) is 3.24. The van der Waals surface area contributed by atoms with Gasteiger partial charge in [-0.1, -0.05) is 0 Å². The van der Waals surface area contributed by atoms with Gasteiger partial charge in [-0.15, -0.1) is 11.3 Å². The largest absolute Gasteiger partial charge is 0.309 e. The predicted molar refractivity (Wildman–Crippen MR) is 82.7 cm³/mol. The van der Waals surface area contributed by atoms with E-state index in [1.54, 1.807) is 0 Å². The molecule has 1 aliphatic rings. The van der Waals surface area contributed by atoms with E-state index in [9.17, 15) is 8.42 Å². The monoisotopic (exact) mass is 317 g/mol. The van der Waals surface area contributed by atoms with Crippen molar-refractivity contribution in [2.75, 3.05) is 27.2 Å². The zero-order valence-corrected chi connectivity index (χ0v) is 13.9. The normalized spacial score (nSPS) is 16.0. The van der Waals surface area contributed by atoms with Gasteiger partial charge in [-0.3, -0.25) is 0 Å². The summed E-state index contributed by atoms with van der Waals surface area (Å²) in [6.07, 6.45) is 2.40. The number of nitrogens with zero attached hydrogens (tertiary/aromatic N) is 1. The Balaban J connectivity index is 2.06. The minimum Gasteiger partial charge on any atom is -0.309 e. The summed E-state index contributed by atoms with van der Waals surface area (Å²) in [5.74, 6) is 0. The van der Waals surface area contributed by atoms with E-state index in [1.165, 1.54) is 24.2 Å². The number of nitrogens with one attached hydrogen (secondary N) is 2. The molecule has 0 saturated heterocycles. The molecule has 0 spiro atoms. The lowest BCUT2D eigenvalue weighted by Gasteiger charge is -2.12. The van der Waals surface area contributed by atoms with Crippen LogP contribution in [0.3, 0.4) is 0 Å². The first-order chi connectivity index (χ1) is 9.40. The van der Waals surface area contributed by atoms with E-state index in [4.69, 9.17) is 0 Å². The second-order valence-electron chi connectivity index (χ2n) is 5.53. The average Bonchev–Trinajstić information content (AvgIpc) is 3.09. The Labute approximate surface area is 125 Å². The molecule has 0 atom stereocenters. The molecular formula is C13H23N3O2S2. The van der Waals surface area contributed by atoms with Crippen LogP contribution in [0.25, 0.3) is 0 Å². The van der Waals surface area contributed by atoms with Crippen LogP contribution in [0.15, 0.2) is 10.3 Å². The molecule has 1 aliphatic carbocycles. The van der Waals surface area contributed by atoms with E-state index < -0.39 is 10.0 Å². The molecule has 0 aliphatic heterocycles. The van der Waals surface area contributed by atoms with Crippen molar-refractivity contribution >= 4 is 21.4 Å². The summed E-state index contributed by atoms with van der Waals surface area (Å²) in [7, 11) is 0.444. The molecule has 1 aromatic rings. The van der Waals surface area contributed by atoms with Crippen molar-refractivity contribution in [2.24, 2.45) is 0 Å². The lowest BCUT2D eigenvalue weighted by atomic mass is 10.3. The first-order valence-corrected chi connectivity index (χ1v) is 9.21. The topological polar surface area (TPSA) is 61.4 Å². The number of sulfonamides is 1. The zero-order valence-electron chi connectivity index (χ0n) is 12.3. The minimum atomic E-state index is -3.41. The van der Waals surface area contributed by atoms with Crippen molar-refractivity contribution in [3.8, 4) is 0 Å². The van der Waals surface area contributed by atoms with Crippen LogP contribution in [0, 0.1) is 6.92 Å². The first kappa shape index (κ1) is 15.9. The maximum absolute atomic E-state index is 12.4. The SMILES string of the molecule is Cc1csc(CNC2CC2)c1S(=O)(=O)NCCN(C)C. The Morgan fingerprint density at radius 2 is 2.10 bits per heavy atom. The maximum Gasteiger partial charge on any atom is 0.242 e. The molecule has 0 radical (unpaired) electrons. The van der Waals surface area contributed by atoms with Crippen molar-refractivity contribution < 1.29 is 8.42 Å². The second-order valence-corrected chi connectivity index (χ2v) is 8.20. The maximum atomic E-state index is 12.4. The predicted octanol–water partition coefficient (Wildman–Crippen LogP) is 1.15. The van der Waals surface area contributed by atoms with Crippen LogP contribution in [0.2, 0.25) is 0 Å². The number of hydrogen-bond donors (Lipinski definition) is 2. The van der Waals surface area contributed by atoms with E-state index in [0.29, 0.717) is 30.6 Å². The molecule has 7 heteroatoms. The molecule has 1 heterocycles. The summed E-state index contributed by atoms with van der Waals surface area (Å²) in [5.41, 5.74) is 0.833. The molecular weight excluding hydrogens is 294 g/mol. The summed E-state index contributed by atoms with van der Waals surface area (Å²) in [6.45, 7) is 3.63. The van der Waals surface area contributed by atoms with Crippen molar-refractivity contribution in [3.05, 3.63) is 15.8 Å². The highest BCUT2D eigenvalue weighted by molar-refractivity contribution is 7.89. The number of likely N-dealkylation sites (N-methyl/N-ethyl adjacent to an activating group) is 1. The lowest BCUT2D eigenvalue weighted by Crippen LogP contribution is -2.32. The van der Waals surface area contributed by atoms with E-state index in [-0.39, 0.29) is 0 Å². The van der Waals surface area contributed by atoms with Crippen LogP contribution in [0.4, 0.5) is 0 Å². The molecule has 2 rings (SSSR count). The third-order valence-corrected chi connectivity index (χ3v) is 6.16. The van der Waals surface area contributed by atoms with Gasteiger partial charge in [-0.2, -0.15) is 0 Å². The Morgan fingerprint density at radius 3 is 2.70 bits per heavy atom. The Hall–Kier alpha value is -0.470. The molecule has 114 valence electrons. The fourth-order valence-corrected chi connectivity index (χ4v) is 4.75. The first-order valence-electron chi connectivity index (χ1n) is 6.85. The van der Waals surface area contributed by atoms with Gasteiger partial charge in [0, 0.05) is 30.6 Å². The van der Waals surface area contributed by atoms with Crippen LogP contribution in [0.5, 0.6) is 0 Å². The highest BCUT2D eigenvalue weighted by Gasteiger charge is 2.25. The second kappa shape index (κ2) is 6.53. The Kier molecular flexibility index (Phi) is 5.19. The van der Waals surface area contributed by atoms with Gasteiger partial charge in [0.15, 0.2) is 0 Å². The molecule has 1 fully saturated rings.